The first-order chi connectivity index (χ1) is 22.0. The van der Waals surface area contributed by atoms with Crippen molar-refractivity contribution in [1.82, 2.24) is 29.7 Å². The van der Waals surface area contributed by atoms with E-state index in [1.807, 2.05) is 0 Å². The van der Waals surface area contributed by atoms with Crippen LogP contribution in [-0.4, -0.2) is 80.5 Å². The number of hydrogen-bond donors (Lipinski definition) is 2. The zero-order chi connectivity index (χ0) is 32.1. The number of pyridine rings is 2. The molecule has 3 unspecified atom stereocenters. The van der Waals surface area contributed by atoms with Gasteiger partial charge >= 0.3 is 12.2 Å². The molecule has 8 heterocycles. The van der Waals surface area contributed by atoms with Gasteiger partial charge in [0.1, 0.15) is 35.2 Å². The number of alkyl halides is 4. The lowest BCUT2D eigenvalue weighted by atomic mass is 9.95. The molecule has 4 saturated heterocycles. The molecule has 15 heteroatoms. The number of nitrogens with one attached hydrogen (secondary N) is 1. The molecule has 3 aromatic rings. The number of nitrogen functional groups attached to an aromatic ring is 1. The van der Waals surface area contributed by atoms with Crippen LogP contribution in [-0.2, 0) is 19.1 Å². The fourth-order valence-corrected chi connectivity index (χ4v) is 8.75. The van der Waals surface area contributed by atoms with Crippen molar-refractivity contribution in [1.29, 1.82) is 0 Å². The first-order valence-corrected chi connectivity index (χ1v) is 16.0. The average Bonchev–Trinajstić information content (AvgIpc) is 3.63. The number of anilines is 2. The summed E-state index contributed by atoms with van der Waals surface area (Å²) in [6.45, 7) is 3.34. The Morgan fingerprint density at radius 3 is 2.76 bits per heavy atom. The van der Waals surface area contributed by atoms with Gasteiger partial charge in [-0.1, -0.05) is 6.92 Å². The van der Waals surface area contributed by atoms with Crippen molar-refractivity contribution < 1.29 is 26.7 Å². The number of rotatable bonds is 5. The second-order valence-corrected chi connectivity index (χ2v) is 13.4. The lowest BCUT2D eigenvalue weighted by Crippen LogP contribution is -2.58. The number of aryl methyl sites for hydroxylation is 2. The van der Waals surface area contributed by atoms with Gasteiger partial charge in [0.05, 0.1) is 16.8 Å². The Morgan fingerprint density at radius 1 is 1.15 bits per heavy atom. The molecule has 3 N–H and O–H groups in total. The minimum absolute atomic E-state index is 0.0625. The number of hydrogen-bond acceptors (Lipinski definition) is 9. The van der Waals surface area contributed by atoms with Gasteiger partial charge in [-0.05, 0) is 56.7 Å². The summed E-state index contributed by atoms with van der Waals surface area (Å²) in [7, 11) is 0. The van der Waals surface area contributed by atoms with E-state index in [0.29, 0.717) is 31.7 Å². The van der Waals surface area contributed by atoms with E-state index in [2.05, 4.69) is 25.1 Å². The van der Waals surface area contributed by atoms with Gasteiger partial charge in [0.15, 0.2) is 11.6 Å². The van der Waals surface area contributed by atoms with E-state index in [1.165, 1.54) is 11.5 Å². The standard InChI is InChI=1S/C31H35F5N8O2/c1-2-15-10-20(37)39-24(22(15)31(34,35)36)21-23(33)25-26-27(41-29(40-25)46-14-30-7-3-8-42(30)12-16(32)11-30)44-13-17-4-5-18(38-17)19(44)6-9-43(26)28(21)45/h10,16-19,38H,2-9,11-14H2,1H3,(H2,37,39)/t16-,17?,18?,19?,30+/m1/s1. The third-order valence-electron chi connectivity index (χ3n) is 10.7. The van der Waals surface area contributed by atoms with Crippen LogP contribution in [0.15, 0.2) is 10.9 Å². The van der Waals surface area contributed by atoms with Crippen LogP contribution in [0.1, 0.15) is 56.6 Å². The molecule has 8 rings (SSSR count). The van der Waals surface area contributed by atoms with Gasteiger partial charge in [0, 0.05) is 44.2 Å². The minimum Gasteiger partial charge on any atom is -0.461 e. The highest BCUT2D eigenvalue weighted by atomic mass is 19.4. The van der Waals surface area contributed by atoms with Crippen molar-refractivity contribution in [3.63, 3.8) is 0 Å². The summed E-state index contributed by atoms with van der Waals surface area (Å²) in [6.07, 6.45) is -1.71. The van der Waals surface area contributed by atoms with Gasteiger partial charge in [0.2, 0.25) is 0 Å². The lowest BCUT2D eigenvalue weighted by molar-refractivity contribution is -0.137. The van der Waals surface area contributed by atoms with Crippen LogP contribution in [0.25, 0.3) is 22.3 Å². The van der Waals surface area contributed by atoms with Gasteiger partial charge < -0.3 is 25.3 Å². The van der Waals surface area contributed by atoms with E-state index in [0.717, 1.165) is 38.3 Å². The molecule has 10 nitrogen and oxygen atoms in total. The number of halogens is 5. The monoisotopic (exact) mass is 646 g/mol. The van der Waals surface area contributed by atoms with Crippen molar-refractivity contribution >= 4 is 22.7 Å². The molecule has 0 amide bonds. The molecule has 5 atom stereocenters. The molecule has 5 aliphatic heterocycles. The Hall–Kier alpha value is -3.59. The zero-order valence-corrected chi connectivity index (χ0v) is 25.3. The molecular weight excluding hydrogens is 611 g/mol. The maximum absolute atomic E-state index is 16.9. The Labute approximate surface area is 261 Å². The van der Waals surface area contributed by atoms with Crippen LogP contribution in [0.3, 0.4) is 0 Å². The van der Waals surface area contributed by atoms with Crippen molar-refractivity contribution in [3.8, 4) is 17.3 Å². The van der Waals surface area contributed by atoms with Crippen molar-refractivity contribution in [2.45, 2.75) is 94.4 Å². The molecule has 0 saturated carbocycles. The normalized spacial score (nSPS) is 28.9. The van der Waals surface area contributed by atoms with Gasteiger partial charge in [-0.3, -0.25) is 9.69 Å². The number of piperazine rings is 1. The smallest absolute Gasteiger partial charge is 0.418 e. The molecule has 246 valence electrons. The van der Waals surface area contributed by atoms with Gasteiger partial charge in [-0.15, -0.1) is 0 Å². The van der Waals surface area contributed by atoms with E-state index in [-0.39, 0.29) is 66.1 Å². The van der Waals surface area contributed by atoms with E-state index < -0.39 is 46.1 Å². The van der Waals surface area contributed by atoms with E-state index in [9.17, 15) is 22.4 Å². The first-order valence-electron chi connectivity index (χ1n) is 16.0. The summed E-state index contributed by atoms with van der Waals surface area (Å²) in [5.41, 5.74) is 1.13. The SMILES string of the molecule is CCc1cc(N)nc(-c2c(F)c3nc(OC[C@@]45CCCN4C[C@H](F)C5)nc4c3n(c2=O)CCC2C3CCC(CN42)N3)c1C(F)(F)F. The summed E-state index contributed by atoms with van der Waals surface area (Å²) < 4.78 is 82.5. The largest absolute Gasteiger partial charge is 0.461 e. The maximum atomic E-state index is 16.9. The van der Waals surface area contributed by atoms with Crippen LogP contribution in [0.5, 0.6) is 6.01 Å². The molecule has 0 aliphatic carbocycles. The van der Waals surface area contributed by atoms with Gasteiger partial charge in [-0.2, -0.15) is 23.1 Å². The quantitative estimate of drug-likeness (QED) is 0.400. The highest BCUT2D eigenvalue weighted by Crippen LogP contribution is 2.44. The van der Waals surface area contributed by atoms with Crippen LogP contribution in [0.4, 0.5) is 33.6 Å². The predicted molar refractivity (Wildman–Crippen MR) is 160 cm³/mol. The predicted octanol–water partition coefficient (Wildman–Crippen LogP) is 3.82. The van der Waals surface area contributed by atoms with Crippen LogP contribution in [0.2, 0.25) is 0 Å². The fraction of sp³-hybridized carbons (Fsp3) is 0.613. The Kier molecular flexibility index (Phi) is 6.77. The van der Waals surface area contributed by atoms with Crippen LogP contribution in [0, 0.1) is 5.82 Å². The Morgan fingerprint density at radius 2 is 1.98 bits per heavy atom. The molecule has 4 fully saturated rings. The highest BCUT2D eigenvalue weighted by molar-refractivity contribution is 5.91. The van der Waals surface area contributed by atoms with E-state index in [1.54, 1.807) is 0 Å². The third-order valence-corrected chi connectivity index (χ3v) is 10.7. The third kappa shape index (κ3) is 4.48. The summed E-state index contributed by atoms with van der Waals surface area (Å²) >= 11 is 0. The molecular formula is C31H35F5N8O2. The average molecular weight is 647 g/mol. The molecule has 2 bridgehead atoms. The van der Waals surface area contributed by atoms with Gasteiger partial charge in [0.25, 0.3) is 5.56 Å². The topological polar surface area (TPSA) is 114 Å². The second kappa shape index (κ2) is 10.5. The number of fused-ring (bicyclic) bond motifs is 6. The summed E-state index contributed by atoms with van der Waals surface area (Å²) in [5, 5.41) is 3.62. The summed E-state index contributed by atoms with van der Waals surface area (Å²) in [5.74, 6) is -1.19. The zero-order valence-electron chi connectivity index (χ0n) is 25.3. The number of nitrogens with two attached hydrogens (primary N) is 1. The molecule has 0 aromatic carbocycles. The van der Waals surface area contributed by atoms with Crippen LogP contribution >= 0.6 is 0 Å². The number of ether oxygens (including phenoxy) is 1. The van der Waals surface area contributed by atoms with Crippen molar-refractivity contribution in [2.24, 2.45) is 0 Å². The maximum Gasteiger partial charge on any atom is 0.418 e. The van der Waals surface area contributed by atoms with Crippen LogP contribution < -0.4 is 26.2 Å². The molecule has 3 aromatic heterocycles. The first kappa shape index (κ1) is 29.8. The Balaban J connectivity index is 1.34. The molecule has 0 radical (unpaired) electrons. The van der Waals surface area contributed by atoms with E-state index >= 15 is 4.39 Å². The fourth-order valence-electron chi connectivity index (χ4n) is 8.75. The molecule has 46 heavy (non-hydrogen) atoms. The minimum atomic E-state index is -4.94. The summed E-state index contributed by atoms with van der Waals surface area (Å²) in [4.78, 5) is 31.4. The molecule has 5 aliphatic rings. The second-order valence-electron chi connectivity index (χ2n) is 13.4. The van der Waals surface area contributed by atoms with Crippen molar-refractivity contribution in [2.75, 3.05) is 36.9 Å². The number of aromatic nitrogens is 4. The van der Waals surface area contributed by atoms with Crippen molar-refractivity contribution in [3.05, 3.63) is 33.4 Å². The Bertz CT molecular complexity index is 1800. The molecule has 0 spiro atoms. The van der Waals surface area contributed by atoms with E-state index in [4.69, 9.17) is 15.5 Å². The van der Waals surface area contributed by atoms with Gasteiger partial charge in [-0.25, -0.2) is 13.8 Å². The lowest BCUT2D eigenvalue weighted by Gasteiger charge is -2.41. The number of nitrogens with zero attached hydrogens (tertiary/aromatic N) is 6. The summed E-state index contributed by atoms with van der Waals surface area (Å²) in [6, 6.07) is 1.11. The highest BCUT2D eigenvalue weighted by Gasteiger charge is 2.50.